The Labute approximate surface area is 173 Å². The molecule has 0 saturated carbocycles. The number of nitrogens with zero attached hydrogens (tertiary/aromatic N) is 1. The summed E-state index contributed by atoms with van der Waals surface area (Å²) >= 11 is 1.42. The van der Waals surface area contributed by atoms with Crippen molar-refractivity contribution in [1.29, 1.82) is 0 Å². The lowest BCUT2D eigenvalue weighted by molar-refractivity contribution is 0.0946. The molecule has 29 heavy (non-hydrogen) atoms. The Morgan fingerprint density at radius 2 is 2.03 bits per heavy atom. The normalized spacial score (nSPS) is 12.2. The van der Waals surface area contributed by atoms with Crippen LogP contribution in [0.25, 0.3) is 0 Å². The first-order chi connectivity index (χ1) is 14.1. The zero-order valence-corrected chi connectivity index (χ0v) is 17.1. The van der Waals surface area contributed by atoms with Gasteiger partial charge in [0.2, 0.25) is 6.79 Å². The molecule has 150 valence electrons. The SMILES string of the molecule is CC(C)c1ccccc1OCc1nc(C(=O)NCc2ccc3c(c2)OCO3)cs1. The number of fused-ring (bicyclic) bond motifs is 1. The van der Waals surface area contributed by atoms with Crippen LogP contribution < -0.4 is 19.5 Å². The number of nitrogens with one attached hydrogen (secondary N) is 1. The second-order valence-corrected chi connectivity index (χ2v) is 7.92. The van der Waals surface area contributed by atoms with Crippen LogP contribution in [-0.2, 0) is 13.2 Å². The first-order valence-corrected chi connectivity index (χ1v) is 10.3. The Morgan fingerprint density at radius 3 is 2.90 bits per heavy atom. The van der Waals surface area contributed by atoms with E-state index >= 15 is 0 Å². The molecule has 4 rings (SSSR count). The lowest BCUT2D eigenvalue weighted by atomic mass is 10.0. The van der Waals surface area contributed by atoms with Crippen molar-refractivity contribution in [1.82, 2.24) is 10.3 Å². The molecule has 6 nitrogen and oxygen atoms in total. The van der Waals surface area contributed by atoms with E-state index in [2.05, 4.69) is 30.2 Å². The van der Waals surface area contributed by atoms with E-state index in [9.17, 15) is 4.79 Å². The van der Waals surface area contributed by atoms with Crippen molar-refractivity contribution in [3.8, 4) is 17.2 Å². The molecule has 3 aromatic rings. The van der Waals surface area contributed by atoms with E-state index in [0.29, 0.717) is 30.5 Å². The van der Waals surface area contributed by atoms with Gasteiger partial charge in [-0.05, 0) is 35.2 Å². The number of benzene rings is 2. The number of rotatable bonds is 7. The van der Waals surface area contributed by atoms with Gasteiger partial charge in [-0.1, -0.05) is 38.1 Å². The zero-order chi connectivity index (χ0) is 20.2. The summed E-state index contributed by atoms with van der Waals surface area (Å²) < 4.78 is 16.6. The smallest absolute Gasteiger partial charge is 0.271 e. The number of carbonyl (C=O) groups is 1. The van der Waals surface area contributed by atoms with Gasteiger partial charge in [0.25, 0.3) is 5.91 Å². The van der Waals surface area contributed by atoms with Gasteiger partial charge in [-0.15, -0.1) is 11.3 Å². The number of hydrogen-bond acceptors (Lipinski definition) is 6. The van der Waals surface area contributed by atoms with Crippen LogP contribution in [0.3, 0.4) is 0 Å². The monoisotopic (exact) mass is 410 g/mol. The predicted octanol–water partition coefficient (Wildman–Crippen LogP) is 4.50. The molecule has 0 radical (unpaired) electrons. The van der Waals surface area contributed by atoms with E-state index in [0.717, 1.165) is 27.6 Å². The molecule has 0 aliphatic carbocycles. The lowest BCUT2D eigenvalue weighted by Gasteiger charge is -2.12. The fourth-order valence-corrected chi connectivity index (χ4v) is 3.72. The van der Waals surface area contributed by atoms with E-state index < -0.39 is 0 Å². The zero-order valence-electron chi connectivity index (χ0n) is 16.3. The third-order valence-corrected chi connectivity index (χ3v) is 5.39. The highest BCUT2D eigenvalue weighted by molar-refractivity contribution is 7.09. The largest absolute Gasteiger partial charge is 0.486 e. The van der Waals surface area contributed by atoms with Gasteiger partial charge in [0.15, 0.2) is 11.5 Å². The molecular formula is C22H22N2O4S. The third kappa shape index (κ3) is 4.51. The van der Waals surface area contributed by atoms with E-state index in [-0.39, 0.29) is 12.7 Å². The average Bonchev–Trinajstić information content (AvgIpc) is 3.39. The maximum absolute atomic E-state index is 12.4. The molecule has 2 aromatic carbocycles. The van der Waals surface area contributed by atoms with Crippen molar-refractivity contribution in [2.45, 2.75) is 32.9 Å². The minimum absolute atomic E-state index is 0.215. The fourth-order valence-electron chi connectivity index (χ4n) is 3.03. The number of ether oxygens (including phenoxy) is 3. The van der Waals surface area contributed by atoms with E-state index in [1.54, 1.807) is 5.38 Å². The second kappa shape index (κ2) is 8.53. The standard InChI is InChI=1S/C22H22N2O4S/c1-14(2)16-5-3-4-6-18(16)26-11-21-24-17(12-29-21)22(25)23-10-15-7-8-19-20(9-15)28-13-27-19/h3-9,12,14H,10-11,13H2,1-2H3,(H,23,25). The van der Waals surface area contributed by atoms with Gasteiger partial charge in [0.1, 0.15) is 23.1 Å². The van der Waals surface area contributed by atoms with Gasteiger partial charge in [0.05, 0.1) is 0 Å². The first kappa shape index (κ1) is 19.3. The van der Waals surface area contributed by atoms with Crippen molar-refractivity contribution < 1.29 is 19.0 Å². The van der Waals surface area contributed by atoms with Crippen LogP contribution in [0.2, 0.25) is 0 Å². The number of carbonyl (C=O) groups excluding carboxylic acids is 1. The quantitative estimate of drug-likeness (QED) is 0.621. The maximum atomic E-state index is 12.4. The molecule has 1 aliphatic heterocycles. The Kier molecular flexibility index (Phi) is 5.67. The maximum Gasteiger partial charge on any atom is 0.271 e. The summed E-state index contributed by atoms with van der Waals surface area (Å²) in [6, 6.07) is 13.6. The Bertz CT molecular complexity index is 1020. The minimum Gasteiger partial charge on any atom is -0.486 e. The molecule has 7 heteroatoms. The van der Waals surface area contributed by atoms with Crippen LogP contribution in [0, 0.1) is 0 Å². The van der Waals surface area contributed by atoms with Crippen molar-refractivity contribution in [2.75, 3.05) is 6.79 Å². The van der Waals surface area contributed by atoms with Gasteiger partial charge in [-0.2, -0.15) is 0 Å². The number of hydrogen-bond donors (Lipinski definition) is 1. The molecule has 1 aromatic heterocycles. The lowest BCUT2D eigenvalue weighted by Crippen LogP contribution is -2.23. The number of amides is 1. The minimum atomic E-state index is -0.215. The van der Waals surface area contributed by atoms with Gasteiger partial charge in [-0.3, -0.25) is 4.79 Å². The molecule has 0 unspecified atom stereocenters. The second-order valence-electron chi connectivity index (χ2n) is 6.98. The van der Waals surface area contributed by atoms with Gasteiger partial charge in [0, 0.05) is 11.9 Å². The van der Waals surface area contributed by atoms with Crippen molar-refractivity contribution in [2.24, 2.45) is 0 Å². The van der Waals surface area contributed by atoms with E-state index in [1.807, 2.05) is 36.4 Å². The number of para-hydroxylation sites is 1. The van der Waals surface area contributed by atoms with Crippen LogP contribution in [0.5, 0.6) is 17.2 Å². The highest BCUT2D eigenvalue weighted by Crippen LogP contribution is 2.32. The molecule has 0 atom stereocenters. The summed E-state index contributed by atoms with van der Waals surface area (Å²) in [7, 11) is 0. The highest BCUT2D eigenvalue weighted by atomic mass is 32.1. The molecule has 0 bridgehead atoms. The van der Waals surface area contributed by atoms with Crippen molar-refractivity contribution in [3.63, 3.8) is 0 Å². The van der Waals surface area contributed by atoms with Crippen LogP contribution in [0.15, 0.2) is 47.8 Å². The summed E-state index contributed by atoms with van der Waals surface area (Å²) in [6.45, 7) is 5.23. The molecule has 1 aliphatic rings. The highest BCUT2D eigenvalue weighted by Gasteiger charge is 2.15. The molecular weight excluding hydrogens is 388 g/mol. The molecule has 2 heterocycles. The summed E-state index contributed by atoms with van der Waals surface area (Å²) in [5.74, 6) is 2.44. The number of aromatic nitrogens is 1. The van der Waals surface area contributed by atoms with Crippen molar-refractivity contribution >= 4 is 17.2 Å². The topological polar surface area (TPSA) is 69.7 Å². The number of thiazole rings is 1. The van der Waals surface area contributed by atoms with Crippen LogP contribution >= 0.6 is 11.3 Å². The molecule has 0 fully saturated rings. The Morgan fingerprint density at radius 1 is 1.21 bits per heavy atom. The fraction of sp³-hybridized carbons (Fsp3) is 0.273. The predicted molar refractivity (Wildman–Crippen MR) is 111 cm³/mol. The Hall–Kier alpha value is -3.06. The first-order valence-electron chi connectivity index (χ1n) is 9.43. The van der Waals surface area contributed by atoms with Crippen molar-refractivity contribution in [3.05, 3.63) is 69.7 Å². The van der Waals surface area contributed by atoms with Crippen LogP contribution in [0.1, 0.15) is 46.4 Å². The summed E-state index contributed by atoms with van der Waals surface area (Å²) in [6.07, 6.45) is 0. The van der Waals surface area contributed by atoms with E-state index in [1.165, 1.54) is 11.3 Å². The van der Waals surface area contributed by atoms with Gasteiger partial charge < -0.3 is 19.5 Å². The van der Waals surface area contributed by atoms with Crippen LogP contribution in [-0.4, -0.2) is 17.7 Å². The molecule has 1 amide bonds. The Balaban J connectivity index is 1.33. The van der Waals surface area contributed by atoms with Gasteiger partial charge in [-0.25, -0.2) is 4.98 Å². The van der Waals surface area contributed by atoms with Gasteiger partial charge >= 0.3 is 0 Å². The molecule has 1 N–H and O–H groups in total. The third-order valence-electron chi connectivity index (χ3n) is 4.57. The van der Waals surface area contributed by atoms with E-state index in [4.69, 9.17) is 14.2 Å². The summed E-state index contributed by atoms with van der Waals surface area (Å²) in [4.78, 5) is 16.8. The molecule has 0 saturated heterocycles. The van der Waals surface area contributed by atoms with Crippen LogP contribution in [0.4, 0.5) is 0 Å². The molecule has 0 spiro atoms. The average molecular weight is 410 g/mol. The summed E-state index contributed by atoms with van der Waals surface area (Å²) in [5.41, 5.74) is 2.49. The summed E-state index contributed by atoms with van der Waals surface area (Å²) in [5, 5.41) is 5.40.